The number of nitrogens with one attached hydrogen (secondary N) is 1. The highest BCUT2D eigenvalue weighted by molar-refractivity contribution is 7.17. The predicted molar refractivity (Wildman–Crippen MR) is 107 cm³/mol. The van der Waals surface area contributed by atoms with E-state index in [1.165, 1.54) is 11.3 Å². The second-order valence-electron chi connectivity index (χ2n) is 5.91. The third kappa shape index (κ3) is 3.27. The number of thiophene rings is 1. The molecular weight excluding hydrogens is 360 g/mol. The zero-order valence-corrected chi connectivity index (χ0v) is 15.4. The summed E-state index contributed by atoms with van der Waals surface area (Å²) in [6, 6.07) is 18.1. The van der Waals surface area contributed by atoms with E-state index in [0.717, 1.165) is 22.3 Å². The number of benzene rings is 2. The predicted octanol–water partition coefficient (Wildman–Crippen LogP) is 4.50. The van der Waals surface area contributed by atoms with Gasteiger partial charge in [0, 0.05) is 10.9 Å². The SMILES string of the molecule is CCOC(=O)c1nc2scc(-c3ccc(-c4ccccc4)cc3)c2c(=O)[nH]1. The highest BCUT2D eigenvalue weighted by atomic mass is 32.1. The number of H-pyrrole nitrogens is 1. The molecular formula is C21H16N2O3S. The van der Waals surface area contributed by atoms with Crippen LogP contribution >= 0.6 is 11.3 Å². The van der Waals surface area contributed by atoms with E-state index < -0.39 is 5.97 Å². The molecule has 0 fully saturated rings. The van der Waals surface area contributed by atoms with Gasteiger partial charge in [-0.3, -0.25) is 4.79 Å². The maximum absolute atomic E-state index is 12.6. The van der Waals surface area contributed by atoms with E-state index in [1.807, 2.05) is 47.8 Å². The van der Waals surface area contributed by atoms with Crippen molar-refractivity contribution in [3.8, 4) is 22.3 Å². The van der Waals surface area contributed by atoms with Crippen LogP contribution in [0.25, 0.3) is 32.5 Å². The van der Waals surface area contributed by atoms with Crippen LogP contribution in [-0.2, 0) is 4.74 Å². The molecule has 0 spiro atoms. The summed E-state index contributed by atoms with van der Waals surface area (Å²) >= 11 is 1.33. The molecule has 2 aromatic heterocycles. The number of hydrogen-bond acceptors (Lipinski definition) is 5. The second kappa shape index (κ2) is 7.17. The van der Waals surface area contributed by atoms with Crippen molar-refractivity contribution in [3.05, 3.63) is 76.2 Å². The third-order valence-corrected chi connectivity index (χ3v) is 5.09. The Hall–Kier alpha value is -3.25. The molecule has 0 aliphatic carbocycles. The maximum Gasteiger partial charge on any atom is 0.374 e. The molecule has 0 atom stereocenters. The highest BCUT2D eigenvalue weighted by Crippen LogP contribution is 2.32. The first kappa shape index (κ1) is 17.2. The fourth-order valence-corrected chi connectivity index (χ4v) is 3.88. The molecule has 6 heteroatoms. The lowest BCUT2D eigenvalue weighted by Gasteiger charge is -2.04. The van der Waals surface area contributed by atoms with Crippen LogP contribution in [0.4, 0.5) is 0 Å². The highest BCUT2D eigenvalue weighted by Gasteiger charge is 2.17. The average molecular weight is 376 g/mol. The van der Waals surface area contributed by atoms with Gasteiger partial charge in [0.1, 0.15) is 4.83 Å². The first-order valence-corrected chi connectivity index (χ1v) is 9.40. The minimum absolute atomic E-state index is 0.0674. The van der Waals surface area contributed by atoms with Crippen molar-refractivity contribution in [2.75, 3.05) is 6.61 Å². The summed E-state index contributed by atoms with van der Waals surface area (Å²) in [5.41, 5.74) is 3.63. The Morgan fingerprint density at radius 2 is 1.70 bits per heavy atom. The first-order chi connectivity index (χ1) is 13.2. The summed E-state index contributed by atoms with van der Waals surface area (Å²) in [6.45, 7) is 1.93. The van der Waals surface area contributed by atoms with Crippen molar-refractivity contribution < 1.29 is 9.53 Å². The van der Waals surface area contributed by atoms with Crippen molar-refractivity contribution in [3.63, 3.8) is 0 Å². The maximum atomic E-state index is 12.6. The molecule has 0 amide bonds. The molecule has 0 unspecified atom stereocenters. The molecule has 4 rings (SSSR count). The lowest BCUT2D eigenvalue weighted by Crippen LogP contribution is -2.17. The number of rotatable bonds is 4. The number of fused-ring (bicyclic) bond motifs is 1. The fraction of sp³-hybridized carbons (Fsp3) is 0.0952. The Morgan fingerprint density at radius 1 is 1.04 bits per heavy atom. The van der Waals surface area contributed by atoms with Crippen molar-refractivity contribution in [1.82, 2.24) is 9.97 Å². The van der Waals surface area contributed by atoms with Gasteiger partial charge in [-0.1, -0.05) is 54.6 Å². The monoisotopic (exact) mass is 376 g/mol. The quantitative estimate of drug-likeness (QED) is 0.533. The van der Waals surface area contributed by atoms with E-state index in [-0.39, 0.29) is 18.0 Å². The minimum atomic E-state index is -0.626. The minimum Gasteiger partial charge on any atom is -0.460 e. The molecule has 0 aliphatic heterocycles. The van der Waals surface area contributed by atoms with Crippen LogP contribution < -0.4 is 5.56 Å². The molecule has 2 aromatic carbocycles. The number of hydrogen-bond donors (Lipinski definition) is 1. The van der Waals surface area contributed by atoms with Gasteiger partial charge in [-0.2, -0.15) is 0 Å². The molecule has 2 heterocycles. The molecule has 0 aliphatic rings. The van der Waals surface area contributed by atoms with Crippen LogP contribution in [0.3, 0.4) is 0 Å². The Balaban J connectivity index is 1.74. The first-order valence-electron chi connectivity index (χ1n) is 8.52. The summed E-state index contributed by atoms with van der Waals surface area (Å²) in [4.78, 5) is 31.7. The summed E-state index contributed by atoms with van der Waals surface area (Å²) in [5.74, 6) is -0.694. The Morgan fingerprint density at radius 3 is 2.41 bits per heavy atom. The summed E-state index contributed by atoms with van der Waals surface area (Å²) < 4.78 is 4.91. The Labute approximate surface area is 159 Å². The van der Waals surface area contributed by atoms with Crippen molar-refractivity contribution in [2.24, 2.45) is 0 Å². The van der Waals surface area contributed by atoms with Crippen LogP contribution in [0.1, 0.15) is 17.5 Å². The van der Waals surface area contributed by atoms with Gasteiger partial charge >= 0.3 is 5.97 Å². The molecule has 134 valence electrons. The number of carbonyl (C=O) groups is 1. The van der Waals surface area contributed by atoms with Crippen LogP contribution in [0, 0.1) is 0 Å². The summed E-state index contributed by atoms with van der Waals surface area (Å²) in [6.07, 6.45) is 0. The summed E-state index contributed by atoms with van der Waals surface area (Å²) in [7, 11) is 0. The van der Waals surface area contributed by atoms with Gasteiger partial charge in [0.05, 0.1) is 12.0 Å². The van der Waals surface area contributed by atoms with Crippen LogP contribution in [0.2, 0.25) is 0 Å². The van der Waals surface area contributed by atoms with E-state index in [4.69, 9.17) is 4.74 Å². The van der Waals surface area contributed by atoms with Gasteiger partial charge in [-0.05, 0) is 23.6 Å². The van der Waals surface area contributed by atoms with Gasteiger partial charge in [0.25, 0.3) is 5.56 Å². The smallest absolute Gasteiger partial charge is 0.374 e. The Bertz CT molecular complexity index is 1160. The van der Waals surface area contributed by atoms with Crippen LogP contribution in [0.15, 0.2) is 64.8 Å². The molecule has 5 nitrogen and oxygen atoms in total. The zero-order valence-electron chi connectivity index (χ0n) is 14.6. The van der Waals surface area contributed by atoms with E-state index in [9.17, 15) is 9.59 Å². The van der Waals surface area contributed by atoms with E-state index in [2.05, 4.69) is 22.1 Å². The van der Waals surface area contributed by atoms with Crippen molar-refractivity contribution >= 4 is 27.5 Å². The topological polar surface area (TPSA) is 72.0 Å². The fourth-order valence-electron chi connectivity index (χ4n) is 2.93. The number of carbonyl (C=O) groups excluding carboxylic acids is 1. The van der Waals surface area contributed by atoms with E-state index in [1.54, 1.807) is 6.92 Å². The average Bonchev–Trinajstić information content (AvgIpc) is 3.14. The van der Waals surface area contributed by atoms with Crippen LogP contribution in [0.5, 0.6) is 0 Å². The molecule has 4 aromatic rings. The van der Waals surface area contributed by atoms with E-state index in [0.29, 0.717) is 10.2 Å². The molecule has 0 saturated carbocycles. The van der Waals surface area contributed by atoms with Gasteiger partial charge in [0.15, 0.2) is 0 Å². The summed E-state index contributed by atoms with van der Waals surface area (Å²) in [5, 5.41) is 2.37. The number of aromatic amines is 1. The number of ether oxygens (including phenoxy) is 1. The lowest BCUT2D eigenvalue weighted by molar-refractivity contribution is 0.0512. The van der Waals surface area contributed by atoms with E-state index >= 15 is 0 Å². The van der Waals surface area contributed by atoms with Crippen molar-refractivity contribution in [1.29, 1.82) is 0 Å². The molecule has 0 bridgehead atoms. The largest absolute Gasteiger partial charge is 0.460 e. The van der Waals surface area contributed by atoms with Gasteiger partial charge in [0.2, 0.25) is 5.82 Å². The van der Waals surface area contributed by atoms with Gasteiger partial charge in [-0.25, -0.2) is 9.78 Å². The normalized spacial score (nSPS) is 10.9. The zero-order chi connectivity index (χ0) is 18.8. The molecule has 0 saturated heterocycles. The van der Waals surface area contributed by atoms with Crippen LogP contribution in [-0.4, -0.2) is 22.5 Å². The number of esters is 1. The lowest BCUT2D eigenvalue weighted by atomic mass is 10.0. The second-order valence-corrected chi connectivity index (χ2v) is 6.77. The third-order valence-electron chi connectivity index (χ3n) is 4.22. The van der Waals surface area contributed by atoms with Crippen molar-refractivity contribution in [2.45, 2.75) is 6.92 Å². The molecule has 27 heavy (non-hydrogen) atoms. The Kier molecular flexibility index (Phi) is 4.56. The van der Waals surface area contributed by atoms with Gasteiger partial charge < -0.3 is 9.72 Å². The van der Waals surface area contributed by atoms with Gasteiger partial charge in [-0.15, -0.1) is 11.3 Å². The standard InChI is InChI=1S/C21H16N2O3S/c1-2-26-21(25)18-22-19(24)17-16(12-27-20(17)23-18)15-10-8-14(9-11-15)13-6-4-3-5-7-13/h3-12H,2H2,1H3,(H,22,23,24). The number of aromatic nitrogens is 2. The molecule has 1 N–H and O–H groups in total. The number of nitrogens with zero attached hydrogens (tertiary/aromatic N) is 1. The molecule has 0 radical (unpaired) electrons.